The molecule has 2 aromatic carbocycles. The van der Waals surface area contributed by atoms with E-state index in [1.165, 1.54) is 40.5 Å². The van der Waals surface area contributed by atoms with Crippen molar-refractivity contribution < 1.29 is 27.9 Å². The van der Waals surface area contributed by atoms with E-state index in [2.05, 4.69) is 0 Å². The molecule has 0 saturated heterocycles. The van der Waals surface area contributed by atoms with Crippen molar-refractivity contribution >= 4 is 16.9 Å². The van der Waals surface area contributed by atoms with Gasteiger partial charge in [0.1, 0.15) is 17.1 Å². The summed E-state index contributed by atoms with van der Waals surface area (Å²) in [6.45, 7) is 0. The van der Waals surface area contributed by atoms with Gasteiger partial charge < -0.3 is 13.9 Å². The van der Waals surface area contributed by atoms with Crippen LogP contribution in [0.5, 0.6) is 11.5 Å². The third-order valence-electron chi connectivity index (χ3n) is 4.05. The molecule has 0 unspecified atom stereocenters. The number of furan rings is 1. The van der Waals surface area contributed by atoms with Gasteiger partial charge in [-0.05, 0) is 36.4 Å². The van der Waals surface area contributed by atoms with Crippen LogP contribution in [0.3, 0.4) is 0 Å². The summed E-state index contributed by atoms with van der Waals surface area (Å²) in [5.41, 5.74) is 1.17. The molecule has 0 atom stereocenters. The van der Waals surface area contributed by atoms with Gasteiger partial charge in [-0.3, -0.25) is 9.63 Å². The first-order valence-corrected chi connectivity index (χ1v) is 7.76. The van der Waals surface area contributed by atoms with Gasteiger partial charge in [0.2, 0.25) is 0 Å². The molecule has 1 aromatic heterocycles. The molecule has 0 aliphatic carbocycles. The van der Waals surface area contributed by atoms with Crippen LogP contribution in [0, 0.1) is 5.82 Å². The number of carbonyl (C=O) groups excluding carboxylic acids is 1. The summed E-state index contributed by atoms with van der Waals surface area (Å²) < 4.78 is 30.1. The number of amides is 1. The van der Waals surface area contributed by atoms with Crippen molar-refractivity contribution in [2.45, 2.75) is 0 Å². The van der Waals surface area contributed by atoms with E-state index in [4.69, 9.17) is 18.7 Å². The van der Waals surface area contributed by atoms with E-state index in [1.54, 1.807) is 24.3 Å². The maximum atomic E-state index is 14.0. The molecular formula is C19H18FNO5. The molecule has 0 N–H and O–H groups in total. The number of benzene rings is 2. The van der Waals surface area contributed by atoms with Crippen LogP contribution in [0.15, 0.2) is 40.8 Å². The maximum absolute atomic E-state index is 14.0. The summed E-state index contributed by atoms with van der Waals surface area (Å²) in [4.78, 5) is 17.5. The fourth-order valence-corrected chi connectivity index (χ4v) is 2.62. The van der Waals surface area contributed by atoms with E-state index in [9.17, 15) is 9.18 Å². The molecule has 0 fully saturated rings. The Balaban J connectivity index is 2.16. The lowest BCUT2D eigenvalue weighted by atomic mass is 10.1. The standard InChI is InChI=1S/C19H18FNO5/c1-21(25-4)19(22)14-10-13(23-2)7-12-9-17(26-18(12)14)11-5-6-16(24-3)15(20)8-11/h5-10H,1-4H3. The third-order valence-corrected chi connectivity index (χ3v) is 4.05. The third kappa shape index (κ3) is 3.09. The summed E-state index contributed by atoms with van der Waals surface area (Å²) in [5.74, 6) is 0.170. The van der Waals surface area contributed by atoms with Crippen LogP contribution in [0.4, 0.5) is 4.39 Å². The molecule has 0 aliphatic rings. The maximum Gasteiger partial charge on any atom is 0.281 e. The first-order valence-electron chi connectivity index (χ1n) is 7.76. The molecule has 0 aliphatic heterocycles. The van der Waals surface area contributed by atoms with E-state index >= 15 is 0 Å². The highest BCUT2D eigenvalue weighted by molar-refractivity contribution is 6.06. The number of carbonyl (C=O) groups is 1. The number of ether oxygens (including phenoxy) is 2. The molecule has 3 rings (SSSR count). The normalized spacial score (nSPS) is 10.8. The first kappa shape index (κ1) is 17.8. The van der Waals surface area contributed by atoms with E-state index in [1.807, 2.05) is 0 Å². The molecule has 6 nitrogen and oxygen atoms in total. The quantitative estimate of drug-likeness (QED) is 0.647. The zero-order chi connectivity index (χ0) is 18.8. The highest BCUT2D eigenvalue weighted by Gasteiger charge is 2.21. The molecule has 0 bridgehead atoms. The Morgan fingerprint density at radius 1 is 1.08 bits per heavy atom. The second kappa shape index (κ2) is 7.05. The Bertz CT molecular complexity index is 966. The minimum Gasteiger partial charge on any atom is -0.497 e. The molecule has 26 heavy (non-hydrogen) atoms. The van der Waals surface area contributed by atoms with Crippen LogP contribution in [-0.4, -0.2) is 39.3 Å². The van der Waals surface area contributed by atoms with Crippen molar-refractivity contribution in [2.75, 3.05) is 28.4 Å². The van der Waals surface area contributed by atoms with Gasteiger partial charge in [-0.2, -0.15) is 0 Å². The van der Waals surface area contributed by atoms with Crippen molar-refractivity contribution in [1.82, 2.24) is 5.06 Å². The van der Waals surface area contributed by atoms with E-state index in [0.29, 0.717) is 28.0 Å². The summed E-state index contributed by atoms with van der Waals surface area (Å²) in [7, 11) is 5.80. The van der Waals surface area contributed by atoms with E-state index in [-0.39, 0.29) is 11.3 Å². The SMILES string of the molecule is COc1cc(C(=O)N(C)OC)c2oc(-c3ccc(OC)c(F)c3)cc2c1. The van der Waals surface area contributed by atoms with Crippen molar-refractivity contribution in [2.24, 2.45) is 0 Å². The van der Waals surface area contributed by atoms with Gasteiger partial charge in [-0.1, -0.05) is 0 Å². The van der Waals surface area contributed by atoms with Crippen LogP contribution < -0.4 is 9.47 Å². The predicted octanol–water partition coefficient (Wildman–Crippen LogP) is 3.89. The highest BCUT2D eigenvalue weighted by atomic mass is 19.1. The molecule has 7 heteroatoms. The Labute approximate surface area is 149 Å². The van der Waals surface area contributed by atoms with Crippen LogP contribution in [-0.2, 0) is 4.84 Å². The number of hydrogen-bond donors (Lipinski definition) is 0. The second-order valence-corrected chi connectivity index (χ2v) is 5.54. The van der Waals surface area contributed by atoms with Gasteiger partial charge in [0.05, 0.1) is 26.9 Å². The van der Waals surface area contributed by atoms with Crippen LogP contribution in [0.25, 0.3) is 22.3 Å². The lowest BCUT2D eigenvalue weighted by molar-refractivity contribution is -0.0756. The van der Waals surface area contributed by atoms with Gasteiger partial charge in [0.25, 0.3) is 5.91 Å². The van der Waals surface area contributed by atoms with Gasteiger partial charge in [0.15, 0.2) is 11.6 Å². The largest absolute Gasteiger partial charge is 0.497 e. The van der Waals surface area contributed by atoms with E-state index < -0.39 is 11.7 Å². The molecular weight excluding hydrogens is 341 g/mol. The number of methoxy groups -OCH3 is 2. The van der Waals surface area contributed by atoms with E-state index in [0.717, 1.165) is 5.06 Å². The Hall–Kier alpha value is -3.06. The zero-order valence-electron chi connectivity index (χ0n) is 14.8. The fourth-order valence-electron chi connectivity index (χ4n) is 2.62. The average molecular weight is 359 g/mol. The van der Waals surface area contributed by atoms with Gasteiger partial charge in [-0.15, -0.1) is 0 Å². The highest BCUT2D eigenvalue weighted by Crippen LogP contribution is 2.34. The number of nitrogens with zero attached hydrogens (tertiary/aromatic N) is 1. The van der Waals surface area contributed by atoms with Crippen molar-refractivity contribution in [1.29, 1.82) is 0 Å². The van der Waals surface area contributed by atoms with Crippen molar-refractivity contribution in [3.63, 3.8) is 0 Å². The molecule has 0 spiro atoms. The average Bonchev–Trinajstić information content (AvgIpc) is 3.09. The van der Waals surface area contributed by atoms with Gasteiger partial charge in [0, 0.05) is 18.0 Å². The minimum absolute atomic E-state index is 0.143. The Kier molecular flexibility index (Phi) is 4.81. The smallest absolute Gasteiger partial charge is 0.281 e. The Morgan fingerprint density at radius 3 is 2.46 bits per heavy atom. The van der Waals surface area contributed by atoms with Gasteiger partial charge in [-0.25, -0.2) is 9.45 Å². The van der Waals surface area contributed by atoms with Crippen molar-refractivity contribution in [3.05, 3.63) is 47.8 Å². The number of hydroxylamine groups is 2. The topological polar surface area (TPSA) is 61.1 Å². The molecule has 0 saturated carbocycles. The monoisotopic (exact) mass is 359 g/mol. The molecule has 3 aromatic rings. The minimum atomic E-state index is -0.501. The number of hydrogen-bond acceptors (Lipinski definition) is 5. The van der Waals surface area contributed by atoms with Crippen LogP contribution in [0.1, 0.15) is 10.4 Å². The predicted molar refractivity (Wildman–Crippen MR) is 93.8 cm³/mol. The lowest BCUT2D eigenvalue weighted by Gasteiger charge is -2.14. The second-order valence-electron chi connectivity index (χ2n) is 5.54. The molecule has 136 valence electrons. The summed E-state index contributed by atoms with van der Waals surface area (Å²) in [6, 6.07) is 9.55. The number of fused-ring (bicyclic) bond motifs is 1. The number of rotatable bonds is 5. The number of halogens is 1. The summed E-state index contributed by atoms with van der Waals surface area (Å²) >= 11 is 0. The van der Waals surface area contributed by atoms with Gasteiger partial charge >= 0.3 is 0 Å². The summed E-state index contributed by atoms with van der Waals surface area (Å²) in [5, 5.41) is 1.74. The summed E-state index contributed by atoms with van der Waals surface area (Å²) in [6.07, 6.45) is 0. The molecule has 1 amide bonds. The van der Waals surface area contributed by atoms with Crippen LogP contribution in [0.2, 0.25) is 0 Å². The molecule has 0 radical (unpaired) electrons. The zero-order valence-corrected chi connectivity index (χ0v) is 14.8. The molecule has 1 heterocycles. The lowest BCUT2D eigenvalue weighted by Crippen LogP contribution is -2.25. The fraction of sp³-hybridized carbons (Fsp3) is 0.211. The Morgan fingerprint density at radius 2 is 1.85 bits per heavy atom. The first-order chi connectivity index (χ1) is 12.5. The van der Waals surface area contributed by atoms with Crippen LogP contribution >= 0.6 is 0 Å². The van der Waals surface area contributed by atoms with Crippen molar-refractivity contribution in [3.8, 4) is 22.8 Å².